The van der Waals surface area contributed by atoms with Gasteiger partial charge in [0.25, 0.3) is 0 Å². The normalized spacial score (nSPS) is 12.7. The minimum absolute atomic E-state index is 0.326. The monoisotopic (exact) mass is 247 g/mol. The van der Waals surface area contributed by atoms with E-state index in [2.05, 4.69) is 0 Å². The Labute approximate surface area is 98.6 Å². The zero-order valence-corrected chi connectivity index (χ0v) is 10.0. The first kappa shape index (κ1) is 12.6. The van der Waals surface area contributed by atoms with Crippen molar-refractivity contribution in [2.45, 2.75) is 11.0 Å². The van der Waals surface area contributed by atoms with Crippen molar-refractivity contribution in [3.63, 3.8) is 0 Å². The smallest absolute Gasteiger partial charge is 0.0867 e. The molecule has 5 heteroatoms. The molecule has 1 aromatic carbocycles. The van der Waals surface area contributed by atoms with Gasteiger partial charge >= 0.3 is 0 Å². The maximum Gasteiger partial charge on any atom is 0.0867 e. The lowest BCUT2D eigenvalue weighted by Gasteiger charge is -2.10. The number of nitrogen functional groups attached to an aromatic ring is 1. The number of aliphatic hydroxyl groups is 1. The molecular weight excluding hydrogens is 234 g/mol. The van der Waals surface area contributed by atoms with Crippen molar-refractivity contribution in [2.75, 3.05) is 25.2 Å². The molecule has 84 valence electrons. The van der Waals surface area contributed by atoms with Crippen LogP contribution in [0, 0.1) is 0 Å². The number of aliphatic hydroxyl groups excluding tert-OH is 1. The van der Waals surface area contributed by atoms with Crippen LogP contribution in [-0.4, -0.2) is 30.7 Å². The second kappa shape index (κ2) is 6.23. The number of benzene rings is 1. The summed E-state index contributed by atoms with van der Waals surface area (Å²) in [5, 5.41) is 10.1. The molecule has 0 aliphatic heterocycles. The summed E-state index contributed by atoms with van der Waals surface area (Å²) in [6.45, 7) is 0.326. The number of methoxy groups -OCH3 is 1. The number of ether oxygens (including phenoxy) is 1. The highest BCUT2D eigenvalue weighted by Crippen LogP contribution is 2.29. The highest BCUT2D eigenvalue weighted by atomic mass is 35.5. The standard InChI is InChI=1S/C10H14ClNO2S/c1-14-5-8(13)6-15-10-4-7(12)2-3-9(10)11/h2-4,8,13H,5-6,12H2,1H3. The Kier molecular flexibility index (Phi) is 5.25. The van der Waals surface area contributed by atoms with Crippen LogP contribution >= 0.6 is 23.4 Å². The maximum absolute atomic E-state index is 9.45. The first-order valence-electron chi connectivity index (χ1n) is 4.48. The third-order valence-electron chi connectivity index (χ3n) is 1.75. The number of hydrogen-bond acceptors (Lipinski definition) is 4. The number of thioether (sulfide) groups is 1. The summed E-state index contributed by atoms with van der Waals surface area (Å²) < 4.78 is 4.82. The first-order valence-corrected chi connectivity index (χ1v) is 5.84. The van der Waals surface area contributed by atoms with E-state index in [0.717, 1.165) is 4.90 Å². The molecule has 0 aromatic heterocycles. The van der Waals surface area contributed by atoms with Crippen LogP contribution in [-0.2, 0) is 4.74 Å². The number of halogens is 1. The summed E-state index contributed by atoms with van der Waals surface area (Å²) in [6.07, 6.45) is -0.488. The molecule has 3 N–H and O–H groups in total. The molecule has 0 spiro atoms. The average Bonchev–Trinajstić information content (AvgIpc) is 2.20. The van der Waals surface area contributed by atoms with Gasteiger partial charge in [0.15, 0.2) is 0 Å². The van der Waals surface area contributed by atoms with E-state index in [1.807, 2.05) is 0 Å². The van der Waals surface area contributed by atoms with E-state index in [9.17, 15) is 5.11 Å². The fourth-order valence-corrected chi connectivity index (χ4v) is 2.23. The van der Waals surface area contributed by atoms with Crippen LogP contribution in [0.5, 0.6) is 0 Å². The average molecular weight is 248 g/mol. The van der Waals surface area contributed by atoms with Crippen LogP contribution in [0.25, 0.3) is 0 Å². The highest BCUT2D eigenvalue weighted by Gasteiger charge is 2.07. The van der Waals surface area contributed by atoms with E-state index in [0.29, 0.717) is 23.1 Å². The molecule has 0 saturated carbocycles. The molecule has 1 atom stereocenters. The minimum Gasteiger partial charge on any atom is -0.399 e. The zero-order valence-electron chi connectivity index (χ0n) is 8.44. The number of anilines is 1. The Hall–Kier alpha value is -0.420. The van der Waals surface area contributed by atoms with Crippen LogP contribution in [0.15, 0.2) is 23.1 Å². The largest absolute Gasteiger partial charge is 0.399 e. The van der Waals surface area contributed by atoms with E-state index < -0.39 is 6.10 Å². The van der Waals surface area contributed by atoms with E-state index in [4.69, 9.17) is 22.1 Å². The summed E-state index contributed by atoms with van der Waals surface area (Å²) in [5.41, 5.74) is 6.30. The molecule has 3 nitrogen and oxygen atoms in total. The van der Waals surface area contributed by atoms with Gasteiger partial charge in [0.2, 0.25) is 0 Å². The van der Waals surface area contributed by atoms with Gasteiger partial charge in [-0.2, -0.15) is 0 Å². The quantitative estimate of drug-likeness (QED) is 0.618. The molecule has 0 fully saturated rings. The Balaban J connectivity index is 2.53. The van der Waals surface area contributed by atoms with Gasteiger partial charge in [0, 0.05) is 23.4 Å². The van der Waals surface area contributed by atoms with Gasteiger partial charge in [-0.3, -0.25) is 0 Å². The maximum atomic E-state index is 9.45. The van der Waals surface area contributed by atoms with Crippen molar-refractivity contribution < 1.29 is 9.84 Å². The molecule has 1 rings (SSSR count). The molecule has 1 unspecified atom stereocenters. The van der Waals surface area contributed by atoms with E-state index in [-0.39, 0.29) is 0 Å². The van der Waals surface area contributed by atoms with Gasteiger partial charge in [0.05, 0.1) is 17.7 Å². The number of hydrogen-bond donors (Lipinski definition) is 2. The predicted octanol–water partition coefficient (Wildman–Crippen LogP) is 2.02. The van der Waals surface area contributed by atoms with Crippen molar-refractivity contribution in [1.29, 1.82) is 0 Å². The lowest BCUT2D eigenvalue weighted by Crippen LogP contribution is -2.16. The van der Waals surface area contributed by atoms with Crippen LogP contribution in [0.1, 0.15) is 0 Å². The van der Waals surface area contributed by atoms with Crippen molar-refractivity contribution in [2.24, 2.45) is 0 Å². The molecule has 0 bridgehead atoms. The number of nitrogens with two attached hydrogens (primary N) is 1. The zero-order chi connectivity index (χ0) is 11.3. The lowest BCUT2D eigenvalue weighted by atomic mass is 10.3. The van der Waals surface area contributed by atoms with Crippen molar-refractivity contribution in [3.8, 4) is 0 Å². The molecule has 0 radical (unpaired) electrons. The predicted molar refractivity (Wildman–Crippen MR) is 64.5 cm³/mol. The summed E-state index contributed by atoms with van der Waals surface area (Å²) >= 11 is 7.43. The van der Waals surface area contributed by atoms with Gasteiger partial charge in [-0.05, 0) is 18.2 Å². The number of rotatable bonds is 5. The Morgan fingerprint density at radius 2 is 2.33 bits per heavy atom. The molecule has 0 heterocycles. The summed E-state index contributed by atoms with van der Waals surface area (Å²) in [6, 6.07) is 5.30. The van der Waals surface area contributed by atoms with E-state index >= 15 is 0 Å². The topological polar surface area (TPSA) is 55.5 Å². The first-order chi connectivity index (χ1) is 7.13. The Morgan fingerprint density at radius 3 is 3.00 bits per heavy atom. The van der Waals surface area contributed by atoms with Crippen LogP contribution in [0.3, 0.4) is 0 Å². The lowest BCUT2D eigenvalue weighted by molar-refractivity contribution is 0.0794. The molecule has 0 aliphatic carbocycles. The second-order valence-corrected chi connectivity index (χ2v) is 4.58. The van der Waals surface area contributed by atoms with Gasteiger partial charge in [-0.15, -0.1) is 11.8 Å². The van der Waals surface area contributed by atoms with Gasteiger partial charge < -0.3 is 15.6 Å². The fraction of sp³-hybridized carbons (Fsp3) is 0.400. The van der Waals surface area contributed by atoms with Gasteiger partial charge in [0.1, 0.15) is 0 Å². The van der Waals surface area contributed by atoms with Crippen LogP contribution in [0.4, 0.5) is 5.69 Å². The third-order valence-corrected chi connectivity index (χ3v) is 3.39. The minimum atomic E-state index is -0.488. The summed E-state index contributed by atoms with van der Waals surface area (Å²) in [4.78, 5) is 0.881. The fourth-order valence-electron chi connectivity index (χ4n) is 1.06. The van der Waals surface area contributed by atoms with Crippen LogP contribution in [0.2, 0.25) is 5.02 Å². The van der Waals surface area contributed by atoms with Crippen molar-refractivity contribution >= 4 is 29.1 Å². The van der Waals surface area contributed by atoms with Crippen molar-refractivity contribution in [3.05, 3.63) is 23.2 Å². The van der Waals surface area contributed by atoms with Crippen molar-refractivity contribution in [1.82, 2.24) is 0 Å². The second-order valence-electron chi connectivity index (χ2n) is 3.11. The van der Waals surface area contributed by atoms with E-state index in [1.54, 1.807) is 25.3 Å². The SMILES string of the molecule is COCC(O)CSc1cc(N)ccc1Cl. The highest BCUT2D eigenvalue weighted by molar-refractivity contribution is 7.99. The Bertz CT molecular complexity index is 322. The van der Waals surface area contributed by atoms with Gasteiger partial charge in [-0.1, -0.05) is 11.6 Å². The summed E-state index contributed by atoms with van der Waals surface area (Å²) in [5.74, 6) is 0.539. The molecular formula is C10H14ClNO2S. The molecule has 0 saturated heterocycles. The van der Waals surface area contributed by atoms with E-state index in [1.165, 1.54) is 11.8 Å². The third kappa shape index (κ3) is 4.30. The molecule has 1 aromatic rings. The van der Waals surface area contributed by atoms with Gasteiger partial charge in [-0.25, -0.2) is 0 Å². The molecule has 0 amide bonds. The molecule has 15 heavy (non-hydrogen) atoms. The van der Waals surface area contributed by atoms with Crippen LogP contribution < -0.4 is 5.73 Å². The Morgan fingerprint density at radius 1 is 1.60 bits per heavy atom. The summed E-state index contributed by atoms with van der Waals surface area (Å²) in [7, 11) is 1.56. The molecule has 0 aliphatic rings.